The minimum atomic E-state index is -0.905. The Labute approximate surface area is 105 Å². The van der Waals surface area contributed by atoms with Crippen LogP contribution in [0, 0.1) is 0 Å². The van der Waals surface area contributed by atoms with Crippen molar-refractivity contribution in [1.82, 2.24) is 0 Å². The predicted octanol–water partition coefficient (Wildman–Crippen LogP) is 2.47. The molecule has 0 saturated heterocycles. The number of aliphatic hydroxyl groups is 1. The summed E-state index contributed by atoms with van der Waals surface area (Å²) in [7, 11) is 0. The van der Waals surface area contributed by atoms with E-state index in [4.69, 9.17) is 10.2 Å². The van der Waals surface area contributed by atoms with E-state index in [1.807, 2.05) is 36.4 Å². The van der Waals surface area contributed by atoms with Crippen LogP contribution in [-0.4, -0.2) is 16.2 Å². The van der Waals surface area contributed by atoms with Gasteiger partial charge in [-0.2, -0.15) is 0 Å². The first-order valence-electron chi connectivity index (χ1n) is 5.70. The average molecular weight is 242 g/mol. The monoisotopic (exact) mass is 242 g/mol. The van der Waals surface area contributed by atoms with Crippen LogP contribution in [0.15, 0.2) is 48.5 Å². The zero-order valence-corrected chi connectivity index (χ0v) is 9.84. The summed E-state index contributed by atoms with van der Waals surface area (Å²) in [6.07, 6.45) is 0.578. The Bertz CT molecular complexity index is 544. The lowest BCUT2D eigenvalue weighted by Crippen LogP contribution is -2.02. The molecule has 0 aliphatic rings. The Morgan fingerprint density at radius 1 is 0.944 bits per heavy atom. The normalized spacial score (nSPS) is 10.3. The molecule has 92 valence electrons. The van der Waals surface area contributed by atoms with Crippen LogP contribution in [0.4, 0.5) is 0 Å². The lowest BCUT2D eigenvalue weighted by atomic mass is 9.99. The summed E-state index contributed by atoms with van der Waals surface area (Å²) in [5.74, 6) is -0.905. The number of rotatable bonds is 4. The standard InChI is InChI=1S/C15H14O3/c16-10-12-7-5-11(6-8-12)9-13-3-1-2-4-14(13)15(17)18/h1-8,16H,9-10H2,(H,17,18). The van der Waals surface area contributed by atoms with E-state index in [0.29, 0.717) is 12.0 Å². The van der Waals surface area contributed by atoms with Crippen LogP contribution in [0.5, 0.6) is 0 Å². The highest BCUT2D eigenvalue weighted by Crippen LogP contribution is 2.15. The summed E-state index contributed by atoms with van der Waals surface area (Å²) in [6, 6.07) is 14.5. The van der Waals surface area contributed by atoms with Gasteiger partial charge in [0.05, 0.1) is 12.2 Å². The van der Waals surface area contributed by atoms with Crippen molar-refractivity contribution in [3.63, 3.8) is 0 Å². The number of carboxylic acids is 1. The van der Waals surface area contributed by atoms with Crippen molar-refractivity contribution >= 4 is 5.97 Å². The molecule has 0 bridgehead atoms. The lowest BCUT2D eigenvalue weighted by molar-refractivity contribution is 0.0696. The fourth-order valence-corrected chi connectivity index (χ4v) is 1.87. The van der Waals surface area contributed by atoms with Gasteiger partial charge in [0.2, 0.25) is 0 Å². The Morgan fingerprint density at radius 2 is 1.56 bits per heavy atom. The van der Waals surface area contributed by atoms with E-state index < -0.39 is 5.97 Å². The first-order valence-corrected chi connectivity index (χ1v) is 5.70. The first-order chi connectivity index (χ1) is 8.70. The number of aromatic carboxylic acids is 1. The van der Waals surface area contributed by atoms with Crippen LogP contribution in [0.3, 0.4) is 0 Å². The van der Waals surface area contributed by atoms with Crippen LogP contribution in [0.25, 0.3) is 0 Å². The minimum absolute atomic E-state index is 0.0198. The van der Waals surface area contributed by atoms with Crippen molar-refractivity contribution in [2.75, 3.05) is 0 Å². The van der Waals surface area contributed by atoms with E-state index in [-0.39, 0.29) is 6.61 Å². The molecule has 0 heterocycles. The van der Waals surface area contributed by atoms with E-state index in [1.54, 1.807) is 12.1 Å². The highest BCUT2D eigenvalue weighted by atomic mass is 16.4. The second-order valence-electron chi connectivity index (χ2n) is 4.11. The van der Waals surface area contributed by atoms with Crippen molar-refractivity contribution in [2.24, 2.45) is 0 Å². The molecule has 3 nitrogen and oxygen atoms in total. The number of aliphatic hydroxyl groups excluding tert-OH is 1. The topological polar surface area (TPSA) is 57.5 Å². The van der Waals surface area contributed by atoms with Crippen molar-refractivity contribution in [1.29, 1.82) is 0 Å². The quantitative estimate of drug-likeness (QED) is 0.865. The van der Waals surface area contributed by atoms with Gasteiger partial charge >= 0.3 is 5.97 Å². The molecule has 18 heavy (non-hydrogen) atoms. The number of hydrogen-bond donors (Lipinski definition) is 2. The number of carbonyl (C=O) groups is 1. The molecule has 2 N–H and O–H groups in total. The molecular weight excluding hydrogens is 228 g/mol. The van der Waals surface area contributed by atoms with Gasteiger partial charge < -0.3 is 10.2 Å². The molecule has 0 saturated carbocycles. The maximum Gasteiger partial charge on any atom is 0.335 e. The Kier molecular flexibility index (Phi) is 3.75. The average Bonchev–Trinajstić information content (AvgIpc) is 2.40. The van der Waals surface area contributed by atoms with Gasteiger partial charge in [-0.25, -0.2) is 4.79 Å². The van der Waals surface area contributed by atoms with Crippen molar-refractivity contribution in [2.45, 2.75) is 13.0 Å². The predicted molar refractivity (Wildman–Crippen MR) is 68.6 cm³/mol. The second kappa shape index (κ2) is 5.47. The molecule has 3 heteroatoms. The van der Waals surface area contributed by atoms with E-state index >= 15 is 0 Å². The van der Waals surface area contributed by atoms with Gasteiger partial charge in [-0.1, -0.05) is 42.5 Å². The summed E-state index contributed by atoms with van der Waals surface area (Å²) in [4.78, 5) is 11.1. The van der Waals surface area contributed by atoms with Gasteiger partial charge in [-0.3, -0.25) is 0 Å². The maximum absolute atomic E-state index is 11.1. The third-order valence-corrected chi connectivity index (χ3v) is 2.85. The number of carboxylic acid groups (broad SMARTS) is 1. The third-order valence-electron chi connectivity index (χ3n) is 2.85. The van der Waals surface area contributed by atoms with Crippen LogP contribution in [-0.2, 0) is 13.0 Å². The lowest BCUT2D eigenvalue weighted by Gasteiger charge is -2.06. The van der Waals surface area contributed by atoms with Gasteiger partial charge in [-0.15, -0.1) is 0 Å². The largest absolute Gasteiger partial charge is 0.478 e. The summed E-state index contributed by atoms with van der Waals surface area (Å²) in [5.41, 5.74) is 3.01. The van der Waals surface area contributed by atoms with Crippen molar-refractivity contribution in [3.8, 4) is 0 Å². The molecule has 0 aliphatic carbocycles. The van der Waals surface area contributed by atoms with Crippen molar-refractivity contribution in [3.05, 3.63) is 70.8 Å². The molecule has 0 unspecified atom stereocenters. The molecule has 0 radical (unpaired) electrons. The summed E-state index contributed by atoms with van der Waals surface area (Å²) in [6.45, 7) is 0.0198. The highest BCUT2D eigenvalue weighted by molar-refractivity contribution is 5.89. The molecule has 2 rings (SSSR count). The van der Waals surface area contributed by atoms with Gasteiger partial charge in [0, 0.05) is 0 Å². The summed E-state index contributed by atoms with van der Waals surface area (Å²) < 4.78 is 0. The fraction of sp³-hybridized carbons (Fsp3) is 0.133. The van der Waals surface area contributed by atoms with Gasteiger partial charge in [-0.05, 0) is 29.2 Å². The third kappa shape index (κ3) is 2.76. The fourth-order valence-electron chi connectivity index (χ4n) is 1.87. The van der Waals surface area contributed by atoms with Crippen LogP contribution in [0.1, 0.15) is 27.0 Å². The SMILES string of the molecule is O=C(O)c1ccccc1Cc1ccc(CO)cc1. The Morgan fingerprint density at radius 3 is 2.17 bits per heavy atom. The minimum Gasteiger partial charge on any atom is -0.478 e. The van der Waals surface area contributed by atoms with E-state index in [0.717, 1.165) is 16.7 Å². The van der Waals surface area contributed by atoms with E-state index in [9.17, 15) is 4.79 Å². The zero-order valence-electron chi connectivity index (χ0n) is 9.84. The smallest absolute Gasteiger partial charge is 0.335 e. The summed E-state index contributed by atoms with van der Waals surface area (Å²) in [5, 5.41) is 18.1. The molecule has 2 aromatic carbocycles. The molecule has 0 amide bonds. The van der Waals surface area contributed by atoms with E-state index in [1.165, 1.54) is 0 Å². The summed E-state index contributed by atoms with van der Waals surface area (Å²) >= 11 is 0. The molecule has 0 aromatic heterocycles. The molecule has 0 aliphatic heterocycles. The van der Waals surface area contributed by atoms with Gasteiger partial charge in [0.25, 0.3) is 0 Å². The number of benzene rings is 2. The van der Waals surface area contributed by atoms with Gasteiger partial charge in [0.1, 0.15) is 0 Å². The van der Waals surface area contributed by atoms with Gasteiger partial charge in [0.15, 0.2) is 0 Å². The Hall–Kier alpha value is -2.13. The Balaban J connectivity index is 2.25. The molecule has 0 fully saturated rings. The van der Waals surface area contributed by atoms with Crippen molar-refractivity contribution < 1.29 is 15.0 Å². The van der Waals surface area contributed by atoms with E-state index in [2.05, 4.69) is 0 Å². The maximum atomic E-state index is 11.1. The molecule has 2 aromatic rings. The zero-order chi connectivity index (χ0) is 13.0. The number of hydrogen-bond acceptors (Lipinski definition) is 2. The second-order valence-corrected chi connectivity index (χ2v) is 4.11. The van der Waals surface area contributed by atoms with Crippen LogP contribution < -0.4 is 0 Å². The molecule has 0 atom stereocenters. The van der Waals surface area contributed by atoms with Crippen LogP contribution >= 0.6 is 0 Å². The first kappa shape index (κ1) is 12.3. The molecular formula is C15H14O3. The van der Waals surface area contributed by atoms with Crippen LogP contribution in [0.2, 0.25) is 0 Å². The molecule has 0 spiro atoms. The highest BCUT2D eigenvalue weighted by Gasteiger charge is 2.09.